The highest BCUT2D eigenvalue weighted by Crippen LogP contribution is 2.36. The molecule has 1 atom stereocenters. The molecule has 0 fully saturated rings. The minimum absolute atomic E-state index is 0.0432. The minimum atomic E-state index is -0.118. The normalized spacial score (nSPS) is 14.9. The first kappa shape index (κ1) is 23.5. The lowest BCUT2D eigenvalue weighted by molar-refractivity contribution is 0.391. The lowest BCUT2D eigenvalue weighted by atomic mass is 9.91. The zero-order valence-corrected chi connectivity index (χ0v) is 20.1. The van der Waals surface area contributed by atoms with Gasteiger partial charge in [0.05, 0.1) is 11.1 Å². The number of nitrogens with zero attached hydrogens (tertiary/aromatic N) is 3. The molecule has 0 saturated heterocycles. The Labute approximate surface area is 199 Å². The zero-order valence-electron chi connectivity index (χ0n) is 19.3. The smallest absolute Gasteiger partial charge is 0.261 e. The summed E-state index contributed by atoms with van der Waals surface area (Å²) in [5, 5.41) is 17.1. The van der Waals surface area contributed by atoms with Crippen molar-refractivity contribution >= 4 is 28.6 Å². The summed E-state index contributed by atoms with van der Waals surface area (Å²) >= 11 is 1.71. The van der Waals surface area contributed by atoms with Gasteiger partial charge in [0, 0.05) is 29.1 Å². The molecule has 0 saturated carbocycles. The number of nitrogens with one attached hydrogen (secondary N) is 1. The molecular weight excluding hydrogens is 432 g/mol. The number of aromatic nitrogens is 2. The minimum Gasteiger partial charge on any atom is -0.494 e. The number of hydrogen-bond donors (Lipinski definition) is 2. The number of pyridine rings is 2. The third-order valence-electron chi connectivity index (χ3n) is 5.94. The predicted octanol–water partition coefficient (Wildman–Crippen LogP) is 4.28. The lowest BCUT2D eigenvalue weighted by Gasteiger charge is -2.24. The summed E-state index contributed by atoms with van der Waals surface area (Å²) in [6.45, 7) is 2.41. The molecule has 1 unspecified atom stereocenters. The van der Waals surface area contributed by atoms with E-state index in [0.29, 0.717) is 11.9 Å². The molecule has 33 heavy (non-hydrogen) atoms. The highest BCUT2D eigenvalue weighted by atomic mass is 32.2. The van der Waals surface area contributed by atoms with Crippen LogP contribution in [0, 0.1) is 0 Å². The van der Waals surface area contributed by atoms with Crippen LogP contribution in [0.15, 0.2) is 58.5 Å². The molecule has 0 aliphatic heterocycles. The van der Waals surface area contributed by atoms with Gasteiger partial charge in [-0.25, -0.2) is 4.98 Å². The SMILES string of the molecule is CN(C)CCCNC1C=Cc2c(O)n(CCCCSc3ccccn3)c(=O)c3cccc1c23. The van der Waals surface area contributed by atoms with E-state index in [-0.39, 0.29) is 17.5 Å². The summed E-state index contributed by atoms with van der Waals surface area (Å²) in [7, 11) is 4.15. The Balaban J connectivity index is 1.47. The Hall–Kier alpha value is -2.61. The fraction of sp³-hybridized carbons (Fsp3) is 0.385. The largest absolute Gasteiger partial charge is 0.494 e. The summed E-state index contributed by atoms with van der Waals surface area (Å²) in [4.78, 5) is 19.8. The van der Waals surface area contributed by atoms with Gasteiger partial charge in [0.15, 0.2) is 0 Å². The van der Waals surface area contributed by atoms with E-state index in [2.05, 4.69) is 41.4 Å². The Morgan fingerprint density at radius 1 is 1.15 bits per heavy atom. The Kier molecular flexibility index (Phi) is 7.85. The number of unbranched alkanes of at least 4 members (excludes halogenated alkanes) is 1. The second kappa shape index (κ2) is 11.0. The van der Waals surface area contributed by atoms with Gasteiger partial charge < -0.3 is 15.3 Å². The van der Waals surface area contributed by atoms with Gasteiger partial charge in [-0.05, 0) is 76.0 Å². The average Bonchev–Trinajstić information content (AvgIpc) is 2.82. The van der Waals surface area contributed by atoms with E-state index >= 15 is 0 Å². The zero-order chi connectivity index (χ0) is 23.2. The second-order valence-electron chi connectivity index (χ2n) is 8.64. The van der Waals surface area contributed by atoms with Gasteiger partial charge in [-0.3, -0.25) is 9.36 Å². The molecule has 6 nitrogen and oxygen atoms in total. The van der Waals surface area contributed by atoms with Gasteiger partial charge in [-0.1, -0.05) is 30.4 Å². The molecule has 2 heterocycles. The van der Waals surface area contributed by atoms with Crippen LogP contribution in [0.3, 0.4) is 0 Å². The van der Waals surface area contributed by atoms with E-state index in [0.717, 1.165) is 59.6 Å². The summed E-state index contributed by atoms with van der Waals surface area (Å²) in [5.74, 6) is 0.998. The predicted molar refractivity (Wildman–Crippen MR) is 137 cm³/mol. The molecule has 4 rings (SSSR count). The molecule has 1 aliphatic carbocycles. The van der Waals surface area contributed by atoms with Crippen molar-refractivity contribution in [2.24, 2.45) is 0 Å². The molecular formula is C26H32N4O2S. The number of benzene rings is 1. The summed E-state index contributed by atoms with van der Waals surface area (Å²) < 4.78 is 1.53. The number of rotatable bonds is 11. The summed E-state index contributed by atoms with van der Waals surface area (Å²) in [6.07, 6.45) is 8.65. The molecule has 0 radical (unpaired) electrons. The maximum Gasteiger partial charge on any atom is 0.261 e. The number of aromatic hydroxyl groups is 1. The standard InChI is InChI=1S/C26H32N4O2S/c1-29(2)16-8-15-27-22-13-12-21-24-19(22)9-7-10-20(24)25(31)30(26(21)32)17-5-6-18-33-23-11-3-4-14-28-23/h3-4,7,9-14,22,27,32H,5-6,8,15-18H2,1-2H3. The van der Waals surface area contributed by atoms with Crippen molar-refractivity contribution in [3.8, 4) is 5.88 Å². The third kappa shape index (κ3) is 5.49. The molecule has 2 N–H and O–H groups in total. The van der Waals surface area contributed by atoms with Gasteiger partial charge >= 0.3 is 0 Å². The van der Waals surface area contributed by atoms with Crippen LogP contribution in [-0.2, 0) is 6.54 Å². The van der Waals surface area contributed by atoms with Crippen LogP contribution in [0.25, 0.3) is 16.8 Å². The van der Waals surface area contributed by atoms with Gasteiger partial charge in [-0.15, -0.1) is 11.8 Å². The average molecular weight is 465 g/mol. The van der Waals surface area contributed by atoms with E-state index in [1.807, 2.05) is 36.4 Å². The molecule has 0 bridgehead atoms. The van der Waals surface area contributed by atoms with E-state index in [9.17, 15) is 9.90 Å². The van der Waals surface area contributed by atoms with Crippen molar-refractivity contribution in [2.45, 2.75) is 36.9 Å². The molecule has 1 aromatic carbocycles. The third-order valence-corrected chi connectivity index (χ3v) is 6.97. The fourth-order valence-electron chi connectivity index (χ4n) is 4.28. The van der Waals surface area contributed by atoms with Crippen LogP contribution in [-0.4, -0.2) is 52.5 Å². The molecule has 7 heteroatoms. The van der Waals surface area contributed by atoms with Crippen molar-refractivity contribution in [2.75, 3.05) is 32.9 Å². The van der Waals surface area contributed by atoms with Crippen molar-refractivity contribution in [3.63, 3.8) is 0 Å². The van der Waals surface area contributed by atoms with Crippen molar-refractivity contribution in [1.82, 2.24) is 19.8 Å². The lowest BCUT2D eigenvalue weighted by Crippen LogP contribution is -2.27. The van der Waals surface area contributed by atoms with Gasteiger partial charge in [0.1, 0.15) is 0 Å². The second-order valence-corrected chi connectivity index (χ2v) is 9.75. The van der Waals surface area contributed by atoms with Crippen LogP contribution in [0.2, 0.25) is 0 Å². The molecule has 2 aromatic heterocycles. The summed E-state index contributed by atoms with van der Waals surface area (Å²) in [6, 6.07) is 11.8. The van der Waals surface area contributed by atoms with E-state index in [4.69, 9.17) is 0 Å². The van der Waals surface area contributed by atoms with Gasteiger partial charge in [0.25, 0.3) is 5.56 Å². The van der Waals surface area contributed by atoms with Crippen molar-refractivity contribution in [3.05, 3.63) is 70.2 Å². The maximum absolute atomic E-state index is 13.3. The fourth-order valence-corrected chi connectivity index (χ4v) is 5.15. The maximum atomic E-state index is 13.3. The highest BCUT2D eigenvalue weighted by molar-refractivity contribution is 7.99. The first-order valence-corrected chi connectivity index (χ1v) is 12.5. The highest BCUT2D eigenvalue weighted by Gasteiger charge is 2.23. The first-order valence-electron chi connectivity index (χ1n) is 11.5. The topological polar surface area (TPSA) is 70.4 Å². The summed E-state index contributed by atoms with van der Waals surface area (Å²) in [5.41, 5.74) is 1.68. The Bertz CT molecular complexity index is 1170. The van der Waals surface area contributed by atoms with E-state index < -0.39 is 0 Å². The number of hydrogen-bond acceptors (Lipinski definition) is 6. The monoisotopic (exact) mass is 464 g/mol. The van der Waals surface area contributed by atoms with Crippen LogP contribution >= 0.6 is 11.8 Å². The van der Waals surface area contributed by atoms with Crippen LogP contribution in [0.4, 0.5) is 0 Å². The van der Waals surface area contributed by atoms with Crippen LogP contribution in [0.5, 0.6) is 5.88 Å². The van der Waals surface area contributed by atoms with E-state index in [1.165, 1.54) is 4.57 Å². The number of thioether (sulfide) groups is 1. The Morgan fingerprint density at radius 2 is 2.03 bits per heavy atom. The quantitative estimate of drug-likeness (QED) is 0.326. The molecule has 3 aromatic rings. The van der Waals surface area contributed by atoms with Crippen LogP contribution in [0.1, 0.15) is 36.4 Å². The van der Waals surface area contributed by atoms with Gasteiger partial charge in [0.2, 0.25) is 5.88 Å². The molecule has 0 spiro atoms. The first-order chi connectivity index (χ1) is 16.1. The van der Waals surface area contributed by atoms with Crippen molar-refractivity contribution < 1.29 is 5.11 Å². The van der Waals surface area contributed by atoms with Crippen LogP contribution < -0.4 is 10.9 Å². The van der Waals surface area contributed by atoms with E-state index in [1.54, 1.807) is 18.0 Å². The molecule has 0 amide bonds. The molecule has 1 aliphatic rings. The Morgan fingerprint density at radius 3 is 2.82 bits per heavy atom. The van der Waals surface area contributed by atoms with Crippen molar-refractivity contribution in [1.29, 1.82) is 0 Å². The molecule has 174 valence electrons. The van der Waals surface area contributed by atoms with Gasteiger partial charge in [-0.2, -0.15) is 0 Å².